The maximum Gasteiger partial charge on any atom is 0.243 e. The summed E-state index contributed by atoms with van der Waals surface area (Å²) in [6, 6.07) is 9.37. The number of carbonyl (C=O) groups excluding carboxylic acids is 1. The molecule has 168 valence electrons. The number of anilines is 1. The fourth-order valence-electron chi connectivity index (χ4n) is 3.58. The smallest absolute Gasteiger partial charge is 0.243 e. The first kappa shape index (κ1) is 22.4. The molecule has 1 amide bonds. The molecule has 1 saturated heterocycles. The van der Waals surface area contributed by atoms with Crippen molar-refractivity contribution in [3.63, 3.8) is 0 Å². The predicted molar refractivity (Wildman–Crippen MR) is 117 cm³/mol. The first-order chi connectivity index (χ1) is 15.2. The molecule has 0 bridgehead atoms. The van der Waals surface area contributed by atoms with Crippen molar-refractivity contribution in [1.82, 2.24) is 14.5 Å². The molecule has 3 aromatic rings. The summed E-state index contributed by atoms with van der Waals surface area (Å²) < 4.78 is 54.5. The minimum atomic E-state index is -3.66. The molecule has 1 N–H and O–H groups in total. The van der Waals surface area contributed by atoms with Crippen LogP contribution >= 0.6 is 11.3 Å². The van der Waals surface area contributed by atoms with Crippen LogP contribution in [0.5, 0.6) is 0 Å². The van der Waals surface area contributed by atoms with Crippen LogP contribution in [0, 0.1) is 11.6 Å². The molecule has 4 rings (SSSR count). The van der Waals surface area contributed by atoms with Gasteiger partial charge >= 0.3 is 0 Å². The number of aromatic nitrogens is 2. The van der Waals surface area contributed by atoms with E-state index in [1.165, 1.54) is 46.8 Å². The highest BCUT2D eigenvalue weighted by atomic mass is 32.2. The Bertz CT molecular complexity index is 1240. The van der Waals surface area contributed by atoms with Crippen LogP contribution in [0.1, 0.15) is 30.7 Å². The van der Waals surface area contributed by atoms with Crippen LogP contribution in [0.25, 0.3) is 10.6 Å². The molecule has 0 saturated carbocycles. The molecule has 1 fully saturated rings. The van der Waals surface area contributed by atoms with Crippen LogP contribution in [0.3, 0.4) is 0 Å². The number of sulfonamides is 1. The minimum Gasteiger partial charge on any atom is -0.326 e. The van der Waals surface area contributed by atoms with E-state index >= 15 is 0 Å². The second-order valence-electron chi connectivity index (χ2n) is 7.45. The van der Waals surface area contributed by atoms with Gasteiger partial charge in [0, 0.05) is 43.2 Å². The maximum absolute atomic E-state index is 14.0. The van der Waals surface area contributed by atoms with E-state index in [4.69, 9.17) is 0 Å². The van der Waals surface area contributed by atoms with E-state index in [2.05, 4.69) is 15.5 Å². The van der Waals surface area contributed by atoms with Gasteiger partial charge in [-0.15, -0.1) is 10.2 Å². The SMILES string of the molecule is CC(=O)Nc1ccc(S(=O)(=O)N2CCC(c3nnc(-c4ccc(F)cc4F)s3)CC2)cc1. The van der Waals surface area contributed by atoms with Crippen molar-refractivity contribution in [2.24, 2.45) is 0 Å². The molecule has 2 aromatic carbocycles. The third kappa shape index (κ3) is 4.69. The van der Waals surface area contributed by atoms with Crippen molar-refractivity contribution >= 4 is 33.0 Å². The molecule has 0 spiro atoms. The Morgan fingerprint density at radius 3 is 2.41 bits per heavy atom. The molecule has 0 radical (unpaired) electrons. The summed E-state index contributed by atoms with van der Waals surface area (Å²) in [6.07, 6.45) is 1.12. The van der Waals surface area contributed by atoms with Gasteiger partial charge < -0.3 is 5.32 Å². The van der Waals surface area contributed by atoms with Gasteiger partial charge in [0.2, 0.25) is 15.9 Å². The molecule has 1 aliphatic heterocycles. The van der Waals surface area contributed by atoms with E-state index in [-0.39, 0.29) is 22.3 Å². The third-order valence-corrected chi connectivity index (χ3v) is 8.25. The Labute approximate surface area is 188 Å². The largest absolute Gasteiger partial charge is 0.326 e. The topological polar surface area (TPSA) is 92.3 Å². The average Bonchev–Trinajstić information content (AvgIpc) is 3.24. The zero-order valence-corrected chi connectivity index (χ0v) is 18.7. The molecule has 1 aliphatic rings. The fourth-order valence-corrected chi connectivity index (χ4v) is 6.09. The molecule has 11 heteroatoms. The Hall–Kier alpha value is -2.76. The molecular formula is C21H20F2N4O3S2. The number of benzene rings is 2. The minimum absolute atomic E-state index is 0.0124. The highest BCUT2D eigenvalue weighted by Crippen LogP contribution is 2.35. The Morgan fingerprint density at radius 1 is 1.09 bits per heavy atom. The van der Waals surface area contributed by atoms with Crippen molar-refractivity contribution in [2.75, 3.05) is 18.4 Å². The van der Waals surface area contributed by atoms with E-state index in [1.54, 1.807) is 12.1 Å². The van der Waals surface area contributed by atoms with E-state index < -0.39 is 21.7 Å². The Morgan fingerprint density at radius 2 is 1.78 bits per heavy atom. The maximum atomic E-state index is 14.0. The second kappa shape index (κ2) is 9.00. The predicted octanol–water partition coefficient (Wildman–Crippen LogP) is 4.01. The molecular weight excluding hydrogens is 458 g/mol. The van der Waals surface area contributed by atoms with Crippen LogP contribution in [0.4, 0.5) is 14.5 Å². The lowest BCUT2D eigenvalue weighted by Gasteiger charge is -2.30. The summed E-state index contributed by atoms with van der Waals surface area (Å²) >= 11 is 1.24. The third-order valence-electron chi connectivity index (χ3n) is 5.22. The quantitative estimate of drug-likeness (QED) is 0.598. The van der Waals surface area contributed by atoms with Gasteiger partial charge in [0.15, 0.2) is 5.01 Å². The van der Waals surface area contributed by atoms with Gasteiger partial charge in [0.25, 0.3) is 0 Å². The van der Waals surface area contributed by atoms with E-state index in [9.17, 15) is 22.0 Å². The lowest BCUT2D eigenvalue weighted by molar-refractivity contribution is -0.114. The highest BCUT2D eigenvalue weighted by Gasteiger charge is 2.31. The first-order valence-electron chi connectivity index (χ1n) is 9.90. The van der Waals surface area contributed by atoms with Crippen LogP contribution in [0.2, 0.25) is 0 Å². The van der Waals surface area contributed by atoms with Crippen molar-refractivity contribution in [1.29, 1.82) is 0 Å². The summed E-state index contributed by atoms with van der Waals surface area (Å²) in [4.78, 5) is 11.3. The second-order valence-corrected chi connectivity index (χ2v) is 10.4. The number of rotatable bonds is 5. The number of nitrogens with one attached hydrogen (secondary N) is 1. The lowest BCUT2D eigenvalue weighted by atomic mass is 9.99. The zero-order valence-electron chi connectivity index (χ0n) is 17.1. The van der Waals surface area contributed by atoms with Crippen LogP contribution < -0.4 is 5.32 Å². The molecule has 0 atom stereocenters. The monoisotopic (exact) mass is 478 g/mol. The van der Waals surface area contributed by atoms with Gasteiger partial charge in [0.05, 0.1) is 4.90 Å². The van der Waals surface area contributed by atoms with E-state index in [0.717, 1.165) is 6.07 Å². The average molecular weight is 479 g/mol. The summed E-state index contributed by atoms with van der Waals surface area (Å²) in [5.74, 6) is -1.57. The molecule has 0 aliphatic carbocycles. The van der Waals surface area contributed by atoms with Gasteiger partial charge in [-0.05, 0) is 49.2 Å². The van der Waals surface area contributed by atoms with Gasteiger partial charge in [-0.25, -0.2) is 17.2 Å². The van der Waals surface area contributed by atoms with Gasteiger partial charge in [0.1, 0.15) is 16.6 Å². The summed E-state index contributed by atoms with van der Waals surface area (Å²) in [7, 11) is -3.66. The number of nitrogens with zero attached hydrogens (tertiary/aromatic N) is 3. The van der Waals surface area contributed by atoms with Crippen LogP contribution in [0.15, 0.2) is 47.4 Å². The summed E-state index contributed by atoms with van der Waals surface area (Å²) in [6.45, 7) is 2.02. The van der Waals surface area contributed by atoms with Gasteiger partial charge in [-0.1, -0.05) is 11.3 Å². The number of hydrogen-bond acceptors (Lipinski definition) is 6. The Kier molecular flexibility index (Phi) is 6.31. The molecule has 1 aromatic heterocycles. The Balaban J connectivity index is 1.43. The standard InChI is InChI=1S/C21H20F2N4O3S2/c1-13(28)24-16-3-5-17(6-4-16)32(29,30)27-10-8-14(9-11-27)20-25-26-21(31-20)18-7-2-15(22)12-19(18)23/h2-7,12,14H,8-11H2,1H3,(H,24,28). The number of halogens is 2. The summed E-state index contributed by atoms with van der Waals surface area (Å²) in [5, 5.41) is 11.9. The van der Waals surface area contributed by atoms with Crippen LogP contribution in [-0.2, 0) is 14.8 Å². The number of hydrogen-bond donors (Lipinski definition) is 1. The first-order valence-corrected chi connectivity index (χ1v) is 12.2. The number of amides is 1. The van der Waals surface area contributed by atoms with Crippen molar-refractivity contribution < 1.29 is 22.0 Å². The molecule has 2 heterocycles. The molecule has 32 heavy (non-hydrogen) atoms. The molecule has 7 nitrogen and oxygen atoms in total. The lowest BCUT2D eigenvalue weighted by Crippen LogP contribution is -2.37. The zero-order chi connectivity index (χ0) is 22.9. The fraction of sp³-hybridized carbons (Fsp3) is 0.286. The normalized spacial score (nSPS) is 15.6. The number of carbonyl (C=O) groups is 1. The van der Waals surface area contributed by atoms with Gasteiger partial charge in [-0.3, -0.25) is 4.79 Å². The summed E-state index contributed by atoms with van der Waals surface area (Å²) in [5.41, 5.74) is 0.720. The van der Waals surface area contributed by atoms with Crippen molar-refractivity contribution in [3.05, 3.63) is 59.1 Å². The van der Waals surface area contributed by atoms with E-state index in [1.807, 2.05) is 0 Å². The van der Waals surface area contributed by atoms with Gasteiger partial charge in [-0.2, -0.15) is 4.31 Å². The van der Waals surface area contributed by atoms with Crippen LogP contribution in [-0.4, -0.2) is 41.9 Å². The van der Waals surface area contributed by atoms with Crippen molar-refractivity contribution in [3.8, 4) is 10.6 Å². The number of piperidine rings is 1. The van der Waals surface area contributed by atoms with E-state index in [0.29, 0.717) is 41.6 Å². The van der Waals surface area contributed by atoms with Crippen molar-refractivity contribution in [2.45, 2.75) is 30.6 Å². The molecule has 0 unspecified atom stereocenters. The highest BCUT2D eigenvalue weighted by molar-refractivity contribution is 7.89.